The molecule has 0 spiro atoms. The van der Waals surface area contributed by atoms with Crippen molar-refractivity contribution in [2.75, 3.05) is 0 Å². The fourth-order valence-electron chi connectivity index (χ4n) is 4.11. The van der Waals surface area contributed by atoms with Gasteiger partial charge in [-0.1, -0.05) is 6.42 Å². The highest BCUT2D eigenvalue weighted by Crippen LogP contribution is 2.49. The summed E-state index contributed by atoms with van der Waals surface area (Å²) < 4.78 is 0. The summed E-state index contributed by atoms with van der Waals surface area (Å²) in [6, 6.07) is 0. The Hall–Kier alpha value is -1.06. The average molecular weight is 251 g/mol. The highest BCUT2D eigenvalue weighted by atomic mass is 16.4. The number of carboxylic acids is 1. The topological polar surface area (TPSA) is 66.4 Å². The molecule has 0 aromatic heterocycles. The molecule has 4 heteroatoms. The predicted molar refractivity (Wildman–Crippen MR) is 65.9 cm³/mol. The van der Waals surface area contributed by atoms with Crippen molar-refractivity contribution in [2.45, 2.75) is 56.9 Å². The summed E-state index contributed by atoms with van der Waals surface area (Å²) in [6.07, 6.45) is 7.70. The minimum Gasteiger partial charge on any atom is -0.480 e. The quantitative estimate of drug-likeness (QED) is 0.802. The first-order valence-electron chi connectivity index (χ1n) is 7.13. The molecule has 0 aromatic carbocycles. The first-order valence-corrected chi connectivity index (χ1v) is 7.13. The molecule has 0 aliphatic heterocycles. The second-order valence-corrected chi connectivity index (χ2v) is 6.43. The summed E-state index contributed by atoms with van der Waals surface area (Å²) in [5, 5.41) is 12.0. The van der Waals surface area contributed by atoms with E-state index in [4.69, 9.17) is 0 Å². The number of carbonyl (C=O) groups is 2. The van der Waals surface area contributed by atoms with Crippen LogP contribution in [0, 0.1) is 17.8 Å². The van der Waals surface area contributed by atoms with Gasteiger partial charge in [-0.05, 0) is 56.3 Å². The highest BCUT2D eigenvalue weighted by Gasteiger charge is 2.46. The van der Waals surface area contributed by atoms with Gasteiger partial charge in [-0.15, -0.1) is 0 Å². The molecule has 0 radical (unpaired) electrons. The van der Waals surface area contributed by atoms with Crippen LogP contribution in [0.2, 0.25) is 0 Å². The van der Waals surface area contributed by atoms with Crippen molar-refractivity contribution in [3.8, 4) is 0 Å². The van der Waals surface area contributed by atoms with E-state index in [0.29, 0.717) is 25.2 Å². The van der Waals surface area contributed by atoms with E-state index in [1.54, 1.807) is 0 Å². The first-order chi connectivity index (χ1) is 8.59. The van der Waals surface area contributed by atoms with Crippen LogP contribution in [0.1, 0.15) is 51.4 Å². The molecule has 3 saturated carbocycles. The monoisotopic (exact) mass is 251 g/mol. The average Bonchev–Trinajstić information content (AvgIpc) is 2.84. The van der Waals surface area contributed by atoms with Gasteiger partial charge in [0.15, 0.2) is 0 Å². The van der Waals surface area contributed by atoms with Crippen LogP contribution in [0.15, 0.2) is 0 Å². The summed E-state index contributed by atoms with van der Waals surface area (Å²) in [6.45, 7) is 0. The molecule has 3 unspecified atom stereocenters. The van der Waals surface area contributed by atoms with Gasteiger partial charge >= 0.3 is 5.97 Å². The zero-order valence-electron chi connectivity index (χ0n) is 10.7. The number of aliphatic carboxylic acids is 1. The van der Waals surface area contributed by atoms with Gasteiger partial charge in [0.1, 0.15) is 5.54 Å². The Morgan fingerprint density at radius 1 is 1.22 bits per heavy atom. The van der Waals surface area contributed by atoms with Crippen molar-refractivity contribution in [3.63, 3.8) is 0 Å². The normalized spacial score (nSPS) is 36.1. The standard InChI is InChI=1S/C14H21NO3/c16-12(15-14(13(17)18)4-1-5-14)8-11-7-9-2-3-10(11)6-9/h9-11H,1-8H2,(H,15,16)(H,17,18). The van der Waals surface area contributed by atoms with Gasteiger partial charge in [-0.25, -0.2) is 4.79 Å². The van der Waals surface area contributed by atoms with Crippen LogP contribution < -0.4 is 5.32 Å². The highest BCUT2D eigenvalue weighted by molar-refractivity contribution is 5.87. The maximum absolute atomic E-state index is 12.0. The maximum Gasteiger partial charge on any atom is 0.329 e. The van der Waals surface area contributed by atoms with E-state index in [2.05, 4.69) is 5.32 Å². The predicted octanol–water partition coefficient (Wildman–Crippen LogP) is 1.94. The molecule has 0 heterocycles. The number of carboxylic acid groups (broad SMARTS) is 1. The van der Waals surface area contributed by atoms with Crippen molar-refractivity contribution >= 4 is 11.9 Å². The van der Waals surface area contributed by atoms with Gasteiger partial charge in [0.2, 0.25) is 5.91 Å². The van der Waals surface area contributed by atoms with Crippen LogP contribution in [0.3, 0.4) is 0 Å². The van der Waals surface area contributed by atoms with Crippen LogP contribution >= 0.6 is 0 Å². The third-order valence-electron chi connectivity index (χ3n) is 5.33. The second-order valence-electron chi connectivity index (χ2n) is 6.43. The van der Waals surface area contributed by atoms with Crippen molar-refractivity contribution in [3.05, 3.63) is 0 Å². The fraction of sp³-hybridized carbons (Fsp3) is 0.857. The largest absolute Gasteiger partial charge is 0.480 e. The lowest BCUT2D eigenvalue weighted by Gasteiger charge is -2.38. The second kappa shape index (κ2) is 4.25. The molecular weight excluding hydrogens is 230 g/mol. The van der Waals surface area contributed by atoms with E-state index >= 15 is 0 Å². The lowest BCUT2D eigenvalue weighted by Crippen LogP contribution is -2.59. The fourth-order valence-corrected chi connectivity index (χ4v) is 4.11. The lowest BCUT2D eigenvalue weighted by molar-refractivity contribution is -0.152. The number of nitrogens with one attached hydrogen (secondary N) is 1. The number of rotatable bonds is 4. The molecule has 3 aliphatic rings. The minimum atomic E-state index is -0.936. The zero-order valence-corrected chi connectivity index (χ0v) is 10.7. The van der Waals surface area contributed by atoms with Gasteiger partial charge in [0.05, 0.1) is 0 Å². The summed E-state index contributed by atoms with van der Waals surface area (Å²) >= 11 is 0. The first kappa shape index (κ1) is 12.0. The third-order valence-corrected chi connectivity index (χ3v) is 5.33. The number of carbonyl (C=O) groups excluding carboxylic acids is 1. The molecule has 18 heavy (non-hydrogen) atoms. The zero-order chi connectivity index (χ0) is 12.8. The van der Waals surface area contributed by atoms with Crippen molar-refractivity contribution in [1.82, 2.24) is 5.32 Å². The van der Waals surface area contributed by atoms with Crippen molar-refractivity contribution in [1.29, 1.82) is 0 Å². The van der Waals surface area contributed by atoms with Gasteiger partial charge in [-0.2, -0.15) is 0 Å². The Bertz CT molecular complexity index is 375. The van der Waals surface area contributed by atoms with Crippen LogP contribution in [0.5, 0.6) is 0 Å². The Balaban J connectivity index is 1.54. The van der Waals surface area contributed by atoms with Crippen molar-refractivity contribution in [2.24, 2.45) is 17.8 Å². The molecule has 3 aliphatic carbocycles. The van der Waals surface area contributed by atoms with Crippen LogP contribution in [-0.2, 0) is 9.59 Å². The molecule has 1 amide bonds. The molecular formula is C14H21NO3. The van der Waals surface area contributed by atoms with Crippen LogP contribution in [0.4, 0.5) is 0 Å². The number of amides is 1. The summed E-state index contributed by atoms with van der Waals surface area (Å²) in [7, 11) is 0. The van der Waals surface area contributed by atoms with Gasteiger partial charge < -0.3 is 10.4 Å². The smallest absolute Gasteiger partial charge is 0.329 e. The minimum absolute atomic E-state index is 0.0466. The van der Waals surface area contributed by atoms with Crippen molar-refractivity contribution < 1.29 is 14.7 Å². The Morgan fingerprint density at radius 3 is 2.44 bits per heavy atom. The van der Waals surface area contributed by atoms with E-state index in [9.17, 15) is 14.7 Å². The third kappa shape index (κ3) is 1.91. The SMILES string of the molecule is O=C(CC1CC2CCC1C2)NC1(C(=O)O)CCC1. The number of fused-ring (bicyclic) bond motifs is 2. The summed E-state index contributed by atoms with van der Waals surface area (Å²) in [5.41, 5.74) is -0.936. The van der Waals surface area contributed by atoms with E-state index in [-0.39, 0.29) is 5.91 Å². The van der Waals surface area contributed by atoms with Gasteiger partial charge in [-0.3, -0.25) is 4.79 Å². The molecule has 100 valence electrons. The van der Waals surface area contributed by atoms with Gasteiger partial charge in [0, 0.05) is 6.42 Å². The molecule has 4 nitrogen and oxygen atoms in total. The number of hydrogen-bond donors (Lipinski definition) is 2. The molecule has 2 N–H and O–H groups in total. The molecule has 3 fully saturated rings. The molecule has 3 rings (SSSR count). The van der Waals surface area contributed by atoms with Crippen LogP contribution in [0.25, 0.3) is 0 Å². The molecule has 0 aromatic rings. The maximum atomic E-state index is 12.0. The Kier molecular flexibility index (Phi) is 2.83. The van der Waals surface area contributed by atoms with E-state index in [1.165, 1.54) is 25.7 Å². The Labute approximate surface area is 107 Å². The summed E-state index contributed by atoms with van der Waals surface area (Å²) in [5.74, 6) is 1.16. The van der Waals surface area contributed by atoms with E-state index in [1.807, 2.05) is 0 Å². The molecule has 0 saturated heterocycles. The number of hydrogen-bond acceptors (Lipinski definition) is 2. The summed E-state index contributed by atoms with van der Waals surface area (Å²) in [4.78, 5) is 23.2. The van der Waals surface area contributed by atoms with Gasteiger partial charge in [0.25, 0.3) is 0 Å². The molecule has 2 bridgehead atoms. The van der Waals surface area contributed by atoms with E-state index < -0.39 is 11.5 Å². The lowest BCUT2D eigenvalue weighted by atomic mass is 9.76. The Morgan fingerprint density at radius 2 is 2.00 bits per heavy atom. The van der Waals surface area contributed by atoms with E-state index in [0.717, 1.165) is 18.3 Å². The van der Waals surface area contributed by atoms with Crippen LogP contribution in [-0.4, -0.2) is 22.5 Å². The molecule has 3 atom stereocenters.